The van der Waals surface area contributed by atoms with Crippen molar-refractivity contribution in [2.75, 3.05) is 12.8 Å². The highest BCUT2D eigenvalue weighted by molar-refractivity contribution is 7.39. The van der Waals surface area contributed by atoms with Crippen LogP contribution in [-0.4, -0.2) is 40.0 Å². The van der Waals surface area contributed by atoms with Gasteiger partial charge < -0.3 is 14.7 Å². The number of aliphatic hydroxyl groups is 1. The highest BCUT2D eigenvalue weighted by atomic mass is 31.1. The fourth-order valence-corrected chi connectivity index (χ4v) is 4.58. The SMILES string of the molecule is CC(C)c1nc(C(C)(C)C)cc(-c2ccc(F)cc2)c1CCCO[PH](=O)C[C@@H](O)CC(=O)O. The zero-order valence-corrected chi connectivity index (χ0v) is 21.0. The molecule has 0 aliphatic rings. The van der Waals surface area contributed by atoms with Crippen molar-refractivity contribution in [2.24, 2.45) is 0 Å². The van der Waals surface area contributed by atoms with Crippen LogP contribution in [0.1, 0.15) is 70.3 Å². The molecule has 2 N–H and O–H groups in total. The third kappa shape index (κ3) is 8.33. The van der Waals surface area contributed by atoms with E-state index in [1.54, 1.807) is 12.1 Å². The van der Waals surface area contributed by atoms with Crippen molar-refractivity contribution in [3.8, 4) is 11.1 Å². The van der Waals surface area contributed by atoms with E-state index < -0.39 is 26.5 Å². The van der Waals surface area contributed by atoms with E-state index in [2.05, 4.69) is 40.7 Å². The lowest BCUT2D eigenvalue weighted by Gasteiger charge is -2.24. The van der Waals surface area contributed by atoms with Crippen molar-refractivity contribution >= 4 is 14.0 Å². The predicted octanol–water partition coefficient (Wildman–Crippen LogP) is 5.57. The van der Waals surface area contributed by atoms with Gasteiger partial charge >= 0.3 is 5.97 Å². The van der Waals surface area contributed by atoms with Crippen LogP contribution in [0.15, 0.2) is 30.3 Å². The largest absolute Gasteiger partial charge is 0.481 e. The van der Waals surface area contributed by atoms with Crippen LogP contribution < -0.4 is 0 Å². The molecule has 1 aromatic carbocycles. The molecule has 8 heteroatoms. The number of hydrogen-bond acceptors (Lipinski definition) is 5. The van der Waals surface area contributed by atoms with Crippen LogP contribution in [0, 0.1) is 5.82 Å². The molecule has 182 valence electrons. The maximum absolute atomic E-state index is 13.6. The number of pyridine rings is 1. The lowest BCUT2D eigenvalue weighted by atomic mass is 9.85. The van der Waals surface area contributed by atoms with Gasteiger partial charge in [0.05, 0.1) is 19.1 Å². The van der Waals surface area contributed by atoms with Crippen molar-refractivity contribution in [1.29, 1.82) is 0 Å². The Bertz CT molecular complexity index is 970. The monoisotopic (exact) mass is 479 g/mol. The first-order chi connectivity index (χ1) is 15.4. The molecule has 0 saturated carbocycles. The van der Waals surface area contributed by atoms with Gasteiger partial charge in [0.15, 0.2) is 8.03 Å². The summed E-state index contributed by atoms with van der Waals surface area (Å²) in [4.78, 5) is 15.6. The molecule has 1 heterocycles. The van der Waals surface area contributed by atoms with E-state index >= 15 is 0 Å². The first-order valence-electron chi connectivity index (χ1n) is 11.2. The Labute approximate surface area is 196 Å². The molecule has 0 aliphatic carbocycles. The Morgan fingerprint density at radius 3 is 2.39 bits per heavy atom. The summed E-state index contributed by atoms with van der Waals surface area (Å²) in [7, 11) is -2.53. The van der Waals surface area contributed by atoms with Crippen molar-refractivity contribution in [2.45, 2.75) is 71.3 Å². The van der Waals surface area contributed by atoms with Gasteiger partial charge in [0.1, 0.15) is 5.82 Å². The normalized spacial score (nSPS) is 13.8. The zero-order valence-electron chi connectivity index (χ0n) is 20.0. The number of nitrogens with zero attached hydrogens (tertiary/aromatic N) is 1. The highest BCUT2D eigenvalue weighted by Crippen LogP contribution is 2.35. The van der Waals surface area contributed by atoms with E-state index in [0.717, 1.165) is 28.1 Å². The molecule has 1 aromatic heterocycles. The van der Waals surface area contributed by atoms with E-state index in [9.17, 15) is 18.9 Å². The third-order valence-electron chi connectivity index (χ3n) is 5.27. The summed E-state index contributed by atoms with van der Waals surface area (Å²) in [5, 5.41) is 18.3. The summed E-state index contributed by atoms with van der Waals surface area (Å²) in [6.45, 7) is 10.7. The summed E-state index contributed by atoms with van der Waals surface area (Å²) in [5.74, 6) is -1.26. The van der Waals surface area contributed by atoms with Gasteiger partial charge in [0.25, 0.3) is 0 Å². The fraction of sp³-hybridized carbons (Fsp3) is 0.520. The van der Waals surface area contributed by atoms with E-state index in [4.69, 9.17) is 14.6 Å². The number of halogens is 1. The molecule has 1 unspecified atom stereocenters. The van der Waals surface area contributed by atoms with E-state index in [0.29, 0.717) is 12.8 Å². The molecule has 2 aromatic rings. The van der Waals surface area contributed by atoms with Gasteiger partial charge in [0.2, 0.25) is 0 Å². The van der Waals surface area contributed by atoms with Crippen LogP contribution in [-0.2, 0) is 25.7 Å². The Morgan fingerprint density at radius 1 is 1.21 bits per heavy atom. The molecule has 0 radical (unpaired) electrons. The van der Waals surface area contributed by atoms with Gasteiger partial charge in [0, 0.05) is 23.0 Å². The Balaban J connectivity index is 2.24. The average Bonchev–Trinajstić information content (AvgIpc) is 2.69. The van der Waals surface area contributed by atoms with Gasteiger partial charge in [-0.25, -0.2) is 4.39 Å². The maximum Gasteiger partial charge on any atom is 0.305 e. The van der Waals surface area contributed by atoms with Gasteiger partial charge in [-0.1, -0.05) is 46.8 Å². The second kappa shape index (κ2) is 11.9. The summed E-state index contributed by atoms with van der Waals surface area (Å²) >= 11 is 0. The number of carboxylic acids is 1. The quantitative estimate of drug-likeness (QED) is 0.323. The number of hydrogen-bond donors (Lipinski definition) is 2. The number of aromatic nitrogens is 1. The fourth-order valence-electron chi connectivity index (χ4n) is 3.56. The number of carbonyl (C=O) groups is 1. The van der Waals surface area contributed by atoms with E-state index in [1.165, 1.54) is 12.1 Å². The molecule has 6 nitrogen and oxygen atoms in total. The molecule has 0 bridgehead atoms. The summed E-state index contributed by atoms with van der Waals surface area (Å²) in [5.41, 5.74) is 4.75. The Kier molecular flexibility index (Phi) is 9.77. The lowest BCUT2D eigenvalue weighted by molar-refractivity contribution is -0.138. The van der Waals surface area contributed by atoms with Crippen LogP contribution in [0.25, 0.3) is 11.1 Å². The number of aliphatic hydroxyl groups excluding tert-OH is 1. The Morgan fingerprint density at radius 2 is 1.85 bits per heavy atom. The van der Waals surface area contributed by atoms with Crippen LogP contribution in [0.4, 0.5) is 4.39 Å². The number of aliphatic carboxylic acids is 1. The molecule has 0 amide bonds. The summed E-state index contributed by atoms with van der Waals surface area (Å²) in [6.07, 6.45) is -0.595. The molecular weight excluding hydrogens is 444 g/mol. The van der Waals surface area contributed by atoms with Gasteiger partial charge in [-0.05, 0) is 53.6 Å². The van der Waals surface area contributed by atoms with Crippen LogP contribution in [0.3, 0.4) is 0 Å². The smallest absolute Gasteiger partial charge is 0.305 e. The summed E-state index contributed by atoms with van der Waals surface area (Å²) in [6, 6.07) is 8.50. The number of carboxylic acid groups (broad SMARTS) is 1. The highest BCUT2D eigenvalue weighted by Gasteiger charge is 2.22. The first kappa shape index (κ1) is 27.2. The molecule has 33 heavy (non-hydrogen) atoms. The molecular formula is C25H35FNO5P. The van der Waals surface area contributed by atoms with Gasteiger partial charge in [-0.3, -0.25) is 14.3 Å². The average molecular weight is 480 g/mol. The topological polar surface area (TPSA) is 96.7 Å². The molecule has 0 aliphatic heterocycles. The van der Waals surface area contributed by atoms with Gasteiger partial charge in [-0.2, -0.15) is 0 Å². The number of benzene rings is 1. The van der Waals surface area contributed by atoms with Crippen molar-refractivity contribution in [3.05, 3.63) is 53.1 Å². The van der Waals surface area contributed by atoms with Gasteiger partial charge in [-0.15, -0.1) is 0 Å². The minimum atomic E-state index is -2.53. The second-order valence-corrected chi connectivity index (χ2v) is 11.1. The molecule has 0 fully saturated rings. The van der Waals surface area contributed by atoms with Crippen LogP contribution in [0.2, 0.25) is 0 Å². The van der Waals surface area contributed by atoms with Crippen molar-refractivity contribution in [1.82, 2.24) is 4.98 Å². The van der Waals surface area contributed by atoms with Crippen LogP contribution in [0.5, 0.6) is 0 Å². The molecule has 0 spiro atoms. The zero-order chi connectivity index (χ0) is 24.8. The van der Waals surface area contributed by atoms with E-state index in [-0.39, 0.29) is 29.9 Å². The minimum absolute atomic E-state index is 0.156. The maximum atomic E-state index is 13.6. The predicted molar refractivity (Wildman–Crippen MR) is 129 cm³/mol. The lowest BCUT2D eigenvalue weighted by Crippen LogP contribution is -2.17. The number of rotatable bonds is 11. The third-order valence-corrected chi connectivity index (χ3v) is 6.60. The van der Waals surface area contributed by atoms with Crippen molar-refractivity contribution < 1.29 is 28.5 Å². The molecule has 2 atom stereocenters. The molecule has 0 saturated heterocycles. The molecule has 2 rings (SSSR count). The second-order valence-electron chi connectivity index (χ2n) is 9.61. The Hall–Kier alpha value is -2.08. The van der Waals surface area contributed by atoms with Crippen LogP contribution >= 0.6 is 8.03 Å². The standard InChI is InChI=1S/C25H35FNO5P/c1-16(2)24-20(7-6-12-32-33(31)15-19(28)13-23(29)30)21(14-22(27-24)25(3,4)5)17-8-10-18(26)11-9-17/h8-11,14,16,19,28,33H,6-7,12-13,15H2,1-5H3,(H,29,30)/t19-/m0/s1. The van der Waals surface area contributed by atoms with E-state index in [1.807, 2.05) is 0 Å². The first-order valence-corrected chi connectivity index (χ1v) is 12.8. The minimum Gasteiger partial charge on any atom is -0.481 e. The summed E-state index contributed by atoms with van der Waals surface area (Å²) < 4.78 is 31.0. The van der Waals surface area contributed by atoms with Crippen molar-refractivity contribution in [3.63, 3.8) is 0 Å².